The molecule has 1 aromatic heterocycles. The molecule has 2 N–H and O–H groups in total. The molecule has 10 nitrogen and oxygen atoms in total. The molecule has 41 heavy (non-hydrogen) atoms. The highest BCUT2D eigenvalue weighted by atomic mass is 35.5. The lowest BCUT2D eigenvalue weighted by molar-refractivity contribution is -0.114. The van der Waals surface area contributed by atoms with E-state index in [2.05, 4.69) is 20.0 Å². The van der Waals surface area contributed by atoms with Crippen LogP contribution in [-0.4, -0.2) is 39.3 Å². The van der Waals surface area contributed by atoms with Gasteiger partial charge in [0.1, 0.15) is 6.54 Å². The van der Waals surface area contributed by atoms with Crippen LogP contribution in [0.5, 0.6) is 0 Å². The van der Waals surface area contributed by atoms with Crippen molar-refractivity contribution in [3.63, 3.8) is 0 Å². The minimum Gasteiger partial charge on any atom is -0.325 e. The zero-order valence-electron chi connectivity index (χ0n) is 22.7. The number of anilines is 3. The Morgan fingerprint density at radius 2 is 1.39 bits per heavy atom. The molecule has 0 radical (unpaired) electrons. The van der Waals surface area contributed by atoms with Gasteiger partial charge in [-0.2, -0.15) is 0 Å². The number of nitrogens with zero attached hydrogens (tertiary/aromatic N) is 3. The van der Waals surface area contributed by atoms with Gasteiger partial charge >= 0.3 is 0 Å². The summed E-state index contributed by atoms with van der Waals surface area (Å²) in [6, 6.07) is 18.2. The van der Waals surface area contributed by atoms with E-state index in [0.717, 1.165) is 15.4 Å². The van der Waals surface area contributed by atoms with Crippen LogP contribution in [-0.2, 0) is 24.8 Å². The number of carbonyl (C=O) groups is 1. The number of aryl methyl sites for hydroxylation is 4. The van der Waals surface area contributed by atoms with Crippen molar-refractivity contribution >= 4 is 54.9 Å². The fourth-order valence-electron chi connectivity index (χ4n) is 3.89. The first-order valence-electron chi connectivity index (χ1n) is 12.4. The molecule has 0 saturated carbocycles. The number of halogens is 1. The van der Waals surface area contributed by atoms with Gasteiger partial charge in [0.05, 0.1) is 15.5 Å². The lowest BCUT2D eigenvalue weighted by Gasteiger charge is -2.24. The van der Waals surface area contributed by atoms with Gasteiger partial charge < -0.3 is 5.32 Å². The maximum absolute atomic E-state index is 13.6. The van der Waals surface area contributed by atoms with Crippen molar-refractivity contribution in [1.29, 1.82) is 0 Å². The Hall–Kier alpha value is -4.00. The largest absolute Gasteiger partial charge is 0.325 e. The van der Waals surface area contributed by atoms with Crippen LogP contribution >= 0.6 is 11.6 Å². The average Bonchev–Trinajstić information content (AvgIpc) is 2.88. The molecule has 0 aliphatic rings. The number of sulfonamides is 2. The highest BCUT2D eigenvalue weighted by Gasteiger charge is 2.28. The van der Waals surface area contributed by atoms with Crippen molar-refractivity contribution in [3.05, 3.63) is 100 Å². The highest BCUT2D eigenvalue weighted by molar-refractivity contribution is 7.93. The van der Waals surface area contributed by atoms with E-state index >= 15 is 0 Å². The zero-order valence-corrected chi connectivity index (χ0v) is 25.1. The van der Waals surface area contributed by atoms with E-state index in [1.807, 2.05) is 6.92 Å². The second-order valence-corrected chi connectivity index (χ2v) is 13.4. The summed E-state index contributed by atoms with van der Waals surface area (Å²) < 4.78 is 56.1. The number of hydrogen-bond acceptors (Lipinski definition) is 7. The van der Waals surface area contributed by atoms with Crippen LogP contribution < -0.4 is 14.3 Å². The number of rotatable bonds is 9. The second kappa shape index (κ2) is 11.9. The summed E-state index contributed by atoms with van der Waals surface area (Å²) in [6.45, 7) is 6.52. The Morgan fingerprint density at radius 1 is 0.805 bits per heavy atom. The molecule has 3 aromatic carbocycles. The van der Waals surface area contributed by atoms with Gasteiger partial charge in [-0.15, -0.1) is 0 Å². The smallest absolute Gasteiger partial charge is 0.264 e. The first kappa shape index (κ1) is 30.0. The van der Waals surface area contributed by atoms with Gasteiger partial charge in [-0.1, -0.05) is 35.4 Å². The molecule has 0 aliphatic heterocycles. The van der Waals surface area contributed by atoms with Crippen LogP contribution in [0.25, 0.3) is 0 Å². The molecule has 4 rings (SSSR count). The molecular formula is C28H28ClN5O5S2. The number of benzene rings is 3. The molecule has 0 bridgehead atoms. The van der Waals surface area contributed by atoms with Crippen molar-refractivity contribution in [2.45, 2.75) is 37.5 Å². The van der Waals surface area contributed by atoms with E-state index in [0.29, 0.717) is 16.4 Å². The monoisotopic (exact) mass is 613 g/mol. The van der Waals surface area contributed by atoms with Gasteiger partial charge in [-0.25, -0.2) is 31.5 Å². The minimum absolute atomic E-state index is 0.0161. The Morgan fingerprint density at radius 3 is 1.98 bits per heavy atom. The summed E-state index contributed by atoms with van der Waals surface area (Å²) in [5, 5.41) is 2.98. The van der Waals surface area contributed by atoms with Gasteiger partial charge in [0.15, 0.2) is 0 Å². The molecule has 0 fully saturated rings. The second-order valence-electron chi connectivity index (χ2n) is 9.41. The SMILES string of the molecule is Cc1ccc(S(=O)(=O)N(CC(=O)Nc2ccc(S(=O)(=O)Nc3nc(C)cc(C)n3)cc2)c2ccc(C)c(Cl)c2)cc1. The van der Waals surface area contributed by atoms with Crippen molar-refractivity contribution in [2.75, 3.05) is 20.9 Å². The topological polar surface area (TPSA) is 138 Å². The molecule has 0 atom stereocenters. The van der Waals surface area contributed by atoms with Crippen LogP contribution in [0.4, 0.5) is 17.3 Å². The van der Waals surface area contributed by atoms with E-state index < -0.39 is 32.5 Å². The average molecular weight is 614 g/mol. The standard InChI is InChI=1S/C28H28ClN5O5S2/c1-18-5-11-25(12-6-18)41(38,39)34(23-10-7-19(2)26(29)16-23)17-27(35)32-22-8-13-24(14-9-22)40(36,37)33-28-30-20(3)15-21(4)31-28/h5-16H,17H2,1-4H3,(H,32,35)(H,30,31,33). The molecule has 4 aromatic rings. The van der Waals surface area contributed by atoms with E-state index in [4.69, 9.17) is 11.6 Å². The summed E-state index contributed by atoms with van der Waals surface area (Å²) in [5.41, 5.74) is 3.35. The predicted octanol–water partition coefficient (Wildman–Crippen LogP) is 5.00. The third kappa shape index (κ3) is 7.20. The van der Waals surface area contributed by atoms with E-state index in [9.17, 15) is 21.6 Å². The molecule has 214 valence electrons. The maximum atomic E-state index is 13.6. The van der Waals surface area contributed by atoms with E-state index in [1.165, 1.54) is 42.5 Å². The number of hydrogen-bond donors (Lipinski definition) is 2. The summed E-state index contributed by atoms with van der Waals surface area (Å²) in [4.78, 5) is 21.2. The molecule has 13 heteroatoms. The van der Waals surface area contributed by atoms with Crippen LogP contribution in [0.3, 0.4) is 0 Å². The molecule has 1 heterocycles. The molecule has 1 amide bonds. The Kier molecular flexibility index (Phi) is 8.66. The zero-order chi connectivity index (χ0) is 29.9. The van der Waals surface area contributed by atoms with Gasteiger partial charge in [0, 0.05) is 22.1 Å². The normalized spacial score (nSPS) is 11.6. The highest BCUT2D eigenvalue weighted by Crippen LogP contribution is 2.28. The van der Waals surface area contributed by atoms with Crippen molar-refractivity contribution in [2.24, 2.45) is 0 Å². The van der Waals surface area contributed by atoms with Crippen molar-refractivity contribution in [3.8, 4) is 0 Å². The molecule has 0 aliphatic carbocycles. The van der Waals surface area contributed by atoms with Crippen molar-refractivity contribution in [1.82, 2.24) is 9.97 Å². The lowest BCUT2D eigenvalue weighted by atomic mass is 10.2. The van der Waals surface area contributed by atoms with Gasteiger partial charge in [0.25, 0.3) is 20.0 Å². The fraction of sp³-hybridized carbons (Fsp3) is 0.179. The third-order valence-corrected chi connectivity index (χ3v) is 9.54. The summed E-state index contributed by atoms with van der Waals surface area (Å²) in [5.74, 6) is -0.694. The first-order chi connectivity index (χ1) is 19.2. The molecular weight excluding hydrogens is 586 g/mol. The van der Waals surface area contributed by atoms with Crippen LogP contribution in [0.15, 0.2) is 82.6 Å². The third-order valence-electron chi connectivity index (χ3n) is 6.00. The van der Waals surface area contributed by atoms with E-state index in [-0.39, 0.29) is 27.1 Å². The maximum Gasteiger partial charge on any atom is 0.264 e. The van der Waals surface area contributed by atoms with Crippen molar-refractivity contribution < 1.29 is 21.6 Å². The predicted molar refractivity (Wildman–Crippen MR) is 159 cm³/mol. The van der Waals surface area contributed by atoms with Gasteiger partial charge in [-0.3, -0.25) is 9.10 Å². The number of nitrogens with one attached hydrogen (secondary N) is 2. The molecule has 0 saturated heterocycles. The number of carbonyl (C=O) groups excluding carboxylic acids is 1. The Balaban J connectivity index is 1.55. The summed E-state index contributed by atoms with van der Waals surface area (Å²) in [7, 11) is -8.13. The molecule has 0 spiro atoms. The van der Waals surface area contributed by atoms with E-state index in [1.54, 1.807) is 51.1 Å². The summed E-state index contributed by atoms with van der Waals surface area (Å²) >= 11 is 6.28. The number of amides is 1. The van der Waals surface area contributed by atoms with Gasteiger partial charge in [-0.05, 0) is 87.9 Å². The van der Waals surface area contributed by atoms with Gasteiger partial charge in [0.2, 0.25) is 11.9 Å². The van der Waals surface area contributed by atoms with Crippen LogP contribution in [0.1, 0.15) is 22.5 Å². The van der Waals surface area contributed by atoms with Crippen LogP contribution in [0.2, 0.25) is 5.02 Å². The quantitative estimate of drug-likeness (QED) is 0.271. The molecule has 0 unspecified atom stereocenters. The van der Waals surface area contributed by atoms with Crippen LogP contribution in [0, 0.1) is 27.7 Å². The Bertz CT molecular complexity index is 1790. The lowest BCUT2D eigenvalue weighted by Crippen LogP contribution is -2.38. The Labute approximate surface area is 244 Å². The fourth-order valence-corrected chi connectivity index (χ4v) is 6.42. The number of aromatic nitrogens is 2. The minimum atomic E-state index is -4.14. The summed E-state index contributed by atoms with van der Waals surface area (Å²) in [6.07, 6.45) is 0. The first-order valence-corrected chi connectivity index (χ1v) is 15.7.